The maximum atomic E-state index is 12.1. The number of alkyl carbamates (subject to hydrolysis) is 1. The zero-order valence-corrected chi connectivity index (χ0v) is 16.3. The molecule has 0 spiro atoms. The van der Waals surface area contributed by atoms with E-state index in [2.05, 4.69) is 5.32 Å². The minimum atomic E-state index is -1.26. The fourth-order valence-corrected chi connectivity index (χ4v) is 2.52. The van der Waals surface area contributed by atoms with Crippen molar-refractivity contribution < 1.29 is 33.7 Å². The number of nitrogens with one attached hydrogen (secondary N) is 1. The van der Waals surface area contributed by atoms with Crippen LogP contribution in [0, 0.1) is 0 Å². The predicted molar refractivity (Wildman–Crippen MR) is 99.1 cm³/mol. The van der Waals surface area contributed by atoms with Gasteiger partial charge in [0, 0.05) is 13.1 Å². The molecule has 1 saturated heterocycles. The molecule has 2 rings (SSSR count). The third-order valence-corrected chi connectivity index (χ3v) is 3.85. The molecule has 0 unspecified atom stereocenters. The molecule has 2 amide bonds. The van der Waals surface area contributed by atoms with Gasteiger partial charge in [0.25, 0.3) is 5.91 Å². The van der Waals surface area contributed by atoms with E-state index in [0.717, 1.165) is 0 Å². The Kier molecular flexibility index (Phi) is 7.22. The minimum Gasteiger partial charge on any atom is -0.484 e. The predicted octanol–water partition coefficient (Wildman–Crippen LogP) is 1.57. The molecule has 1 aliphatic heterocycles. The first-order chi connectivity index (χ1) is 13.2. The van der Waals surface area contributed by atoms with Gasteiger partial charge in [-0.2, -0.15) is 0 Å². The Balaban J connectivity index is 1.93. The Morgan fingerprint density at radius 1 is 1.18 bits per heavy atom. The minimum absolute atomic E-state index is 0.113. The second kappa shape index (κ2) is 9.41. The smallest absolute Gasteiger partial charge is 0.408 e. The van der Waals surface area contributed by atoms with Crippen LogP contribution in [0.15, 0.2) is 24.3 Å². The average Bonchev–Trinajstić information content (AvgIpc) is 2.64. The monoisotopic (exact) mass is 394 g/mol. The normalized spacial score (nSPS) is 15.5. The lowest BCUT2D eigenvalue weighted by Gasteiger charge is -2.26. The quantitative estimate of drug-likeness (QED) is 0.753. The summed E-state index contributed by atoms with van der Waals surface area (Å²) in [6.45, 7) is 7.06. The molecule has 0 aliphatic carbocycles. The van der Waals surface area contributed by atoms with E-state index in [-0.39, 0.29) is 12.5 Å². The summed E-state index contributed by atoms with van der Waals surface area (Å²) < 4.78 is 15.8. The average molecular weight is 394 g/mol. The van der Waals surface area contributed by atoms with E-state index in [4.69, 9.17) is 14.2 Å². The molecule has 1 aromatic rings. The van der Waals surface area contributed by atoms with Crippen LogP contribution in [0.4, 0.5) is 4.79 Å². The van der Waals surface area contributed by atoms with Crippen molar-refractivity contribution in [1.29, 1.82) is 0 Å². The molecule has 1 heterocycles. The van der Waals surface area contributed by atoms with E-state index in [9.17, 15) is 19.5 Å². The van der Waals surface area contributed by atoms with E-state index in [1.807, 2.05) is 0 Å². The molecule has 0 aromatic heterocycles. The first kappa shape index (κ1) is 21.5. The number of amides is 2. The number of nitrogens with zero attached hydrogens (tertiary/aromatic N) is 1. The Morgan fingerprint density at radius 3 is 2.32 bits per heavy atom. The number of rotatable bonds is 6. The van der Waals surface area contributed by atoms with Gasteiger partial charge in [-0.15, -0.1) is 0 Å². The number of carbonyl (C=O) groups is 3. The van der Waals surface area contributed by atoms with Gasteiger partial charge in [-0.25, -0.2) is 9.59 Å². The summed E-state index contributed by atoms with van der Waals surface area (Å²) in [5.74, 6) is -0.934. The van der Waals surface area contributed by atoms with Crippen molar-refractivity contribution in [3.63, 3.8) is 0 Å². The molecule has 0 bridgehead atoms. The van der Waals surface area contributed by atoms with E-state index in [1.54, 1.807) is 37.8 Å². The Hall–Kier alpha value is -2.81. The molecule has 1 fully saturated rings. The van der Waals surface area contributed by atoms with Crippen LogP contribution in [-0.2, 0) is 19.1 Å². The van der Waals surface area contributed by atoms with Crippen LogP contribution in [0.25, 0.3) is 0 Å². The van der Waals surface area contributed by atoms with Gasteiger partial charge in [0.05, 0.1) is 13.2 Å². The van der Waals surface area contributed by atoms with Gasteiger partial charge in [0.2, 0.25) is 0 Å². The van der Waals surface area contributed by atoms with Crippen molar-refractivity contribution >= 4 is 18.0 Å². The summed E-state index contributed by atoms with van der Waals surface area (Å²) in [6.07, 6.45) is -0.823. The molecule has 0 saturated carbocycles. The zero-order valence-electron chi connectivity index (χ0n) is 16.3. The summed E-state index contributed by atoms with van der Waals surface area (Å²) >= 11 is 0. The SMILES string of the molecule is CC(C)(C)OC(=O)N[C@@H](C(=O)O)c1ccc(OCC(=O)N2CCOCC2)cc1. The lowest BCUT2D eigenvalue weighted by molar-refractivity contribution is -0.139. The van der Waals surface area contributed by atoms with E-state index >= 15 is 0 Å². The molecular formula is C19H26N2O7. The van der Waals surface area contributed by atoms with Crippen molar-refractivity contribution in [2.24, 2.45) is 0 Å². The number of benzene rings is 1. The van der Waals surface area contributed by atoms with Crippen molar-refractivity contribution in [2.45, 2.75) is 32.4 Å². The third kappa shape index (κ3) is 6.73. The highest BCUT2D eigenvalue weighted by molar-refractivity contribution is 5.81. The van der Waals surface area contributed by atoms with E-state index in [0.29, 0.717) is 37.6 Å². The second-order valence-electron chi connectivity index (χ2n) is 7.27. The molecular weight excluding hydrogens is 368 g/mol. The summed E-state index contributed by atoms with van der Waals surface area (Å²) in [4.78, 5) is 37.1. The summed E-state index contributed by atoms with van der Waals surface area (Å²) in [5.41, 5.74) is -0.386. The van der Waals surface area contributed by atoms with Crippen LogP contribution in [0.1, 0.15) is 32.4 Å². The summed E-state index contributed by atoms with van der Waals surface area (Å²) in [7, 11) is 0. The number of hydrogen-bond donors (Lipinski definition) is 2. The first-order valence-corrected chi connectivity index (χ1v) is 8.96. The molecule has 1 aliphatic rings. The molecule has 1 atom stereocenters. The Bertz CT molecular complexity index is 691. The summed E-state index contributed by atoms with van der Waals surface area (Å²) in [5, 5.41) is 11.7. The number of hydrogen-bond acceptors (Lipinski definition) is 6. The van der Waals surface area contributed by atoms with Crippen LogP contribution in [0.2, 0.25) is 0 Å². The van der Waals surface area contributed by atoms with Gasteiger partial charge in [-0.05, 0) is 38.5 Å². The largest absolute Gasteiger partial charge is 0.484 e. The molecule has 154 valence electrons. The van der Waals surface area contributed by atoms with Gasteiger partial charge >= 0.3 is 12.1 Å². The fourth-order valence-electron chi connectivity index (χ4n) is 2.52. The van der Waals surface area contributed by atoms with E-state index in [1.165, 1.54) is 12.1 Å². The Morgan fingerprint density at radius 2 is 1.79 bits per heavy atom. The van der Waals surface area contributed by atoms with Crippen LogP contribution in [-0.4, -0.2) is 66.5 Å². The number of ether oxygens (including phenoxy) is 3. The van der Waals surface area contributed by atoms with Crippen LogP contribution in [0.3, 0.4) is 0 Å². The van der Waals surface area contributed by atoms with Crippen molar-refractivity contribution in [3.8, 4) is 5.75 Å². The molecule has 28 heavy (non-hydrogen) atoms. The number of carboxylic acids is 1. The van der Waals surface area contributed by atoms with Gasteiger partial charge in [0.15, 0.2) is 12.6 Å². The molecule has 9 heteroatoms. The standard InChI is InChI=1S/C19H26N2O7/c1-19(2,3)28-18(25)20-16(17(23)24)13-4-6-14(7-5-13)27-12-15(22)21-8-10-26-11-9-21/h4-7,16H,8-12H2,1-3H3,(H,20,25)(H,23,24)/t16-/m1/s1. The molecule has 0 radical (unpaired) electrons. The van der Waals surface area contributed by atoms with Crippen LogP contribution >= 0.6 is 0 Å². The number of aliphatic carboxylic acids is 1. The lowest BCUT2D eigenvalue weighted by Crippen LogP contribution is -2.42. The van der Waals surface area contributed by atoms with E-state index < -0.39 is 23.7 Å². The maximum Gasteiger partial charge on any atom is 0.408 e. The summed E-state index contributed by atoms with van der Waals surface area (Å²) in [6, 6.07) is 4.87. The van der Waals surface area contributed by atoms with Crippen LogP contribution in [0.5, 0.6) is 5.75 Å². The maximum absolute atomic E-state index is 12.1. The Labute approximate surface area is 163 Å². The first-order valence-electron chi connectivity index (χ1n) is 8.96. The van der Waals surface area contributed by atoms with Crippen LogP contribution < -0.4 is 10.1 Å². The highest BCUT2D eigenvalue weighted by atomic mass is 16.6. The van der Waals surface area contributed by atoms with Crippen molar-refractivity contribution in [2.75, 3.05) is 32.9 Å². The third-order valence-electron chi connectivity index (χ3n) is 3.85. The number of morpholine rings is 1. The molecule has 1 aromatic carbocycles. The van der Waals surface area contributed by atoms with Crippen molar-refractivity contribution in [3.05, 3.63) is 29.8 Å². The highest BCUT2D eigenvalue weighted by Crippen LogP contribution is 2.19. The van der Waals surface area contributed by atoms with Crippen molar-refractivity contribution in [1.82, 2.24) is 10.2 Å². The van der Waals surface area contributed by atoms with Gasteiger partial charge in [-0.3, -0.25) is 4.79 Å². The topological polar surface area (TPSA) is 114 Å². The second-order valence-corrected chi connectivity index (χ2v) is 7.27. The van der Waals surface area contributed by atoms with Gasteiger partial charge in [0.1, 0.15) is 11.4 Å². The molecule has 9 nitrogen and oxygen atoms in total. The lowest BCUT2D eigenvalue weighted by atomic mass is 10.1. The fraction of sp³-hybridized carbons (Fsp3) is 0.526. The van der Waals surface area contributed by atoms with Gasteiger partial charge < -0.3 is 29.5 Å². The number of carbonyl (C=O) groups excluding carboxylic acids is 2. The highest BCUT2D eigenvalue weighted by Gasteiger charge is 2.25. The van der Waals surface area contributed by atoms with Gasteiger partial charge in [-0.1, -0.05) is 12.1 Å². The number of carboxylic acid groups (broad SMARTS) is 1. The zero-order chi connectivity index (χ0) is 20.7. The molecule has 2 N–H and O–H groups in total.